The van der Waals surface area contributed by atoms with Gasteiger partial charge in [0.1, 0.15) is 5.75 Å². The lowest BCUT2D eigenvalue weighted by atomic mass is 9.97. The van der Waals surface area contributed by atoms with E-state index in [1.54, 1.807) is 0 Å². The van der Waals surface area contributed by atoms with E-state index in [2.05, 4.69) is 19.1 Å². The van der Waals surface area contributed by atoms with Gasteiger partial charge in [-0.25, -0.2) is 0 Å². The average Bonchev–Trinajstić information content (AvgIpc) is 2.40. The van der Waals surface area contributed by atoms with Crippen molar-refractivity contribution < 1.29 is 4.74 Å². The first-order chi connectivity index (χ1) is 8.31. The molecule has 1 aliphatic rings. The Kier molecular flexibility index (Phi) is 4.43. The molecule has 1 aliphatic carbocycles. The first kappa shape index (κ1) is 12.4. The highest BCUT2D eigenvalue weighted by molar-refractivity contribution is 5.35. The number of hydrogen-bond donors (Lipinski definition) is 1. The summed E-state index contributed by atoms with van der Waals surface area (Å²) in [5.74, 6) is 0.994. The molecule has 1 aromatic carbocycles. The quantitative estimate of drug-likeness (QED) is 0.858. The number of benzene rings is 1. The minimum Gasteiger partial charge on any atom is -0.490 e. The maximum atomic E-state index is 6.13. The minimum atomic E-state index is 0.0924. The van der Waals surface area contributed by atoms with Gasteiger partial charge in [-0.3, -0.25) is 0 Å². The molecule has 2 rings (SSSR count). The summed E-state index contributed by atoms with van der Waals surface area (Å²) < 4.78 is 6.13. The molecule has 1 aromatic rings. The van der Waals surface area contributed by atoms with Crippen molar-refractivity contribution in [1.29, 1.82) is 0 Å². The van der Waals surface area contributed by atoms with Crippen LogP contribution in [0.5, 0.6) is 5.75 Å². The monoisotopic (exact) mass is 233 g/mol. The smallest absolute Gasteiger partial charge is 0.124 e. The van der Waals surface area contributed by atoms with Gasteiger partial charge < -0.3 is 10.5 Å². The summed E-state index contributed by atoms with van der Waals surface area (Å²) in [5, 5.41) is 0. The highest BCUT2D eigenvalue weighted by atomic mass is 16.5. The molecular weight excluding hydrogens is 210 g/mol. The average molecular weight is 233 g/mol. The predicted molar refractivity (Wildman–Crippen MR) is 71.2 cm³/mol. The van der Waals surface area contributed by atoms with E-state index < -0.39 is 0 Å². The number of para-hydroxylation sites is 1. The molecule has 0 saturated heterocycles. The van der Waals surface area contributed by atoms with Crippen LogP contribution in [-0.4, -0.2) is 6.10 Å². The molecule has 1 fully saturated rings. The third-order valence-electron chi connectivity index (χ3n) is 3.60. The lowest BCUT2D eigenvalue weighted by Crippen LogP contribution is -2.21. The van der Waals surface area contributed by atoms with Crippen molar-refractivity contribution in [2.45, 2.75) is 57.6 Å². The Labute approximate surface area is 104 Å². The van der Waals surface area contributed by atoms with Crippen LogP contribution in [0.25, 0.3) is 0 Å². The van der Waals surface area contributed by atoms with Crippen LogP contribution >= 0.6 is 0 Å². The highest BCUT2D eigenvalue weighted by Crippen LogP contribution is 2.29. The van der Waals surface area contributed by atoms with Crippen molar-refractivity contribution in [3.05, 3.63) is 29.8 Å². The Morgan fingerprint density at radius 1 is 1.24 bits per heavy atom. The third-order valence-corrected chi connectivity index (χ3v) is 3.60. The van der Waals surface area contributed by atoms with Crippen LogP contribution < -0.4 is 10.5 Å². The first-order valence-corrected chi connectivity index (χ1v) is 6.82. The molecule has 0 bridgehead atoms. The van der Waals surface area contributed by atoms with Gasteiger partial charge in [-0.1, -0.05) is 31.5 Å². The van der Waals surface area contributed by atoms with Crippen molar-refractivity contribution in [1.82, 2.24) is 0 Å². The van der Waals surface area contributed by atoms with Crippen molar-refractivity contribution >= 4 is 0 Å². The Hall–Kier alpha value is -1.02. The van der Waals surface area contributed by atoms with Crippen LogP contribution in [0.2, 0.25) is 0 Å². The standard InChI is InChI=1S/C15H23NO/c1-2-14(16)13-10-6-7-11-15(13)17-12-8-4-3-5-9-12/h6-7,10-12,14H,2-5,8-9,16H2,1H3/t14-/m1/s1. The summed E-state index contributed by atoms with van der Waals surface area (Å²) in [6, 6.07) is 8.31. The van der Waals surface area contributed by atoms with Crippen LogP contribution in [0.3, 0.4) is 0 Å². The normalized spacial score (nSPS) is 18.9. The maximum Gasteiger partial charge on any atom is 0.124 e. The van der Waals surface area contributed by atoms with Crippen LogP contribution in [-0.2, 0) is 0 Å². The third kappa shape index (κ3) is 3.22. The fourth-order valence-electron chi connectivity index (χ4n) is 2.48. The molecule has 0 amide bonds. The molecule has 94 valence electrons. The van der Waals surface area contributed by atoms with Gasteiger partial charge in [0.25, 0.3) is 0 Å². The van der Waals surface area contributed by atoms with Crippen molar-refractivity contribution in [3.63, 3.8) is 0 Å². The second-order valence-corrected chi connectivity index (χ2v) is 4.93. The fourth-order valence-corrected chi connectivity index (χ4v) is 2.48. The molecule has 0 aliphatic heterocycles. The lowest BCUT2D eigenvalue weighted by molar-refractivity contribution is 0.153. The van der Waals surface area contributed by atoms with Gasteiger partial charge in [0.15, 0.2) is 0 Å². The van der Waals surface area contributed by atoms with Crippen molar-refractivity contribution in [2.75, 3.05) is 0 Å². The molecule has 0 heterocycles. The molecule has 0 unspecified atom stereocenters. The summed E-state index contributed by atoms with van der Waals surface area (Å²) in [4.78, 5) is 0. The van der Waals surface area contributed by atoms with E-state index in [0.717, 1.165) is 17.7 Å². The van der Waals surface area contributed by atoms with Crippen molar-refractivity contribution in [3.8, 4) is 5.75 Å². The van der Waals surface area contributed by atoms with Gasteiger partial charge >= 0.3 is 0 Å². The Morgan fingerprint density at radius 3 is 2.65 bits per heavy atom. The topological polar surface area (TPSA) is 35.2 Å². The highest BCUT2D eigenvalue weighted by Gasteiger charge is 2.17. The fraction of sp³-hybridized carbons (Fsp3) is 0.600. The summed E-state index contributed by atoms with van der Waals surface area (Å²) in [6.07, 6.45) is 7.68. The molecule has 2 heteroatoms. The number of hydrogen-bond acceptors (Lipinski definition) is 2. The second-order valence-electron chi connectivity index (χ2n) is 4.93. The van der Waals surface area contributed by atoms with E-state index >= 15 is 0 Å². The number of rotatable bonds is 4. The summed E-state index contributed by atoms with van der Waals surface area (Å²) in [5.41, 5.74) is 7.27. The second kappa shape index (κ2) is 6.06. The van der Waals surface area contributed by atoms with Gasteiger partial charge in [0.2, 0.25) is 0 Å². The van der Waals surface area contributed by atoms with Gasteiger partial charge in [0.05, 0.1) is 6.10 Å². The molecular formula is C15H23NO. The van der Waals surface area contributed by atoms with E-state index in [4.69, 9.17) is 10.5 Å². The molecule has 0 spiro atoms. The van der Waals surface area contributed by atoms with Gasteiger partial charge in [-0.2, -0.15) is 0 Å². The van der Waals surface area contributed by atoms with E-state index in [1.807, 2.05) is 12.1 Å². The molecule has 17 heavy (non-hydrogen) atoms. The minimum absolute atomic E-state index is 0.0924. The first-order valence-electron chi connectivity index (χ1n) is 6.82. The Bertz CT molecular complexity index is 345. The van der Waals surface area contributed by atoms with Crippen LogP contribution in [0.1, 0.15) is 57.1 Å². The Morgan fingerprint density at radius 2 is 1.94 bits per heavy atom. The van der Waals surface area contributed by atoms with E-state index in [9.17, 15) is 0 Å². The van der Waals surface area contributed by atoms with Gasteiger partial charge in [-0.15, -0.1) is 0 Å². The van der Waals surface area contributed by atoms with Gasteiger partial charge in [0, 0.05) is 11.6 Å². The van der Waals surface area contributed by atoms with Crippen LogP contribution in [0.4, 0.5) is 0 Å². The molecule has 2 N–H and O–H groups in total. The SMILES string of the molecule is CC[C@@H](N)c1ccccc1OC1CCCCC1. The summed E-state index contributed by atoms with van der Waals surface area (Å²) >= 11 is 0. The van der Waals surface area contributed by atoms with Crippen LogP contribution in [0.15, 0.2) is 24.3 Å². The van der Waals surface area contributed by atoms with E-state index in [0.29, 0.717) is 6.10 Å². The predicted octanol–water partition coefficient (Wildman–Crippen LogP) is 3.81. The lowest BCUT2D eigenvalue weighted by Gasteiger charge is -2.25. The number of ether oxygens (including phenoxy) is 1. The molecule has 1 saturated carbocycles. The summed E-state index contributed by atoms with van der Waals surface area (Å²) in [6.45, 7) is 2.11. The molecule has 2 nitrogen and oxygen atoms in total. The molecule has 0 radical (unpaired) electrons. The number of nitrogens with two attached hydrogens (primary N) is 1. The van der Waals surface area contributed by atoms with Crippen molar-refractivity contribution in [2.24, 2.45) is 5.73 Å². The summed E-state index contributed by atoms with van der Waals surface area (Å²) in [7, 11) is 0. The molecule has 0 aromatic heterocycles. The van der Waals surface area contributed by atoms with E-state index in [1.165, 1.54) is 32.1 Å². The molecule has 1 atom stereocenters. The maximum absolute atomic E-state index is 6.13. The largest absolute Gasteiger partial charge is 0.490 e. The van der Waals surface area contributed by atoms with Gasteiger partial charge in [-0.05, 0) is 38.2 Å². The Balaban J connectivity index is 2.08. The zero-order valence-corrected chi connectivity index (χ0v) is 10.7. The van der Waals surface area contributed by atoms with E-state index in [-0.39, 0.29) is 6.04 Å². The zero-order chi connectivity index (χ0) is 12.1. The van der Waals surface area contributed by atoms with Crippen LogP contribution in [0, 0.1) is 0 Å². The zero-order valence-electron chi connectivity index (χ0n) is 10.7.